The number of hydrogen-bond acceptors (Lipinski definition) is 4. The van der Waals surface area contributed by atoms with Crippen LogP contribution in [-0.4, -0.2) is 42.9 Å². The second-order valence-corrected chi connectivity index (χ2v) is 8.91. The van der Waals surface area contributed by atoms with Gasteiger partial charge in [-0.1, -0.05) is 13.8 Å². The molecule has 1 aliphatic carbocycles. The average molecular weight is 360 g/mol. The summed E-state index contributed by atoms with van der Waals surface area (Å²) >= 11 is 0. The van der Waals surface area contributed by atoms with Crippen molar-refractivity contribution in [3.63, 3.8) is 0 Å². The van der Waals surface area contributed by atoms with Gasteiger partial charge in [0.15, 0.2) is 11.5 Å². The molecule has 144 valence electrons. The van der Waals surface area contributed by atoms with Crippen molar-refractivity contribution in [2.45, 2.75) is 58.1 Å². The highest BCUT2D eigenvalue weighted by molar-refractivity contribution is 5.49. The summed E-state index contributed by atoms with van der Waals surface area (Å²) in [5, 5.41) is 10.7. The lowest BCUT2D eigenvalue weighted by Crippen LogP contribution is -2.48. The van der Waals surface area contributed by atoms with Crippen molar-refractivity contribution < 1.29 is 14.6 Å². The third kappa shape index (κ3) is 3.72. The molecular formula is C22H33NO3. The Labute approximate surface area is 157 Å². The van der Waals surface area contributed by atoms with E-state index in [1.165, 1.54) is 24.0 Å². The lowest BCUT2D eigenvalue weighted by atomic mass is 9.79. The zero-order valence-corrected chi connectivity index (χ0v) is 16.4. The Balaban J connectivity index is 1.55. The Hall–Kier alpha value is -1.26. The van der Waals surface area contributed by atoms with Crippen LogP contribution < -0.4 is 9.47 Å². The van der Waals surface area contributed by atoms with Gasteiger partial charge < -0.3 is 14.6 Å². The van der Waals surface area contributed by atoms with E-state index >= 15 is 0 Å². The van der Waals surface area contributed by atoms with Crippen LogP contribution in [0.4, 0.5) is 0 Å². The van der Waals surface area contributed by atoms with Gasteiger partial charge >= 0.3 is 0 Å². The Kier molecular flexibility index (Phi) is 5.15. The van der Waals surface area contributed by atoms with E-state index in [-0.39, 0.29) is 6.10 Å². The number of ether oxygens (including phenoxy) is 2. The average Bonchev–Trinajstić information content (AvgIpc) is 3.44. The van der Waals surface area contributed by atoms with E-state index in [1.54, 1.807) is 7.11 Å². The van der Waals surface area contributed by atoms with Crippen molar-refractivity contribution in [1.29, 1.82) is 0 Å². The highest BCUT2D eigenvalue weighted by atomic mass is 16.5. The van der Waals surface area contributed by atoms with Crippen molar-refractivity contribution in [1.82, 2.24) is 4.90 Å². The fraction of sp³-hybridized carbons (Fsp3) is 0.727. The van der Waals surface area contributed by atoms with E-state index in [4.69, 9.17) is 9.47 Å². The predicted molar refractivity (Wildman–Crippen MR) is 103 cm³/mol. The topological polar surface area (TPSA) is 41.9 Å². The molecule has 3 aliphatic rings. The minimum atomic E-state index is -0.207. The summed E-state index contributed by atoms with van der Waals surface area (Å²) in [6.45, 7) is 7.38. The molecule has 2 heterocycles. The maximum Gasteiger partial charge on any atom is 0.161 e. The van der Waals surface area contributed by atoms with Crippen LogP contribution >= 0.6 is 0 Å². The Morgan fingerprint density at radius 3 is 2.73 bits per heavy atom. The van der Waals surface area contributed by atoms with Gasteiger partial charge in [-0.2, -0.15) is 0 Å². The summed E-state index contributed by atoms with van der Waals surface area (Å²) in [5.74, 6) is 3.49. The molecule has 1 aromatic carbocycles. The number of piperidine rings is 1. The number of aliphatic hydroxyl groups is 1. The lowest BCUT2D eigenvalue weighted by molar-refractivity contribution is -0.0191. The number of fused-ring (bicyclic) bond motifs is 3. The molecular weight excluding hydrogens is 326 g/mol. The van der Waals surface area contributed by atoms with Crippen LogP contribution in [0, 0.1) is 17.8 Å². The lowest BCUT2D eigenvalue weighted by Gasteiger charge is -2.46. The molecule has 0 unspecified atom stereocenters. The first-order valence-corrected chi connectivity index (χ1v) is 10.3. The van der Waals surface area contributed by atoms with E-state index in [2.05, 4.69) is 30.9 Å². The molecule has 4 heteroatoms. The van der Waals surface area contributed by atoms with E-state index in [9.17, 15) is 5.11 Å². The van der Waals surface area contributed by atoms with Gasteiger partial charge in [-0.05, 0) is 73.1 Å². The molecule has 0 bridgehead atoms. The van der Waals surface area contributed by atoms with Crippen LogP contribution in [0.5, 0.6) is 11.5 Å². The number of rotatable bonds is 6. The summed E-state index contributed by atoms with van der Waals surface area (Å²) < 4.78 is 11.7. The van der Waals surface area contributed by atoms with Crippen LogP contribution in [0.25, 0.3) is 0 Å². The van der Waals surface area contributed by atoms with Crippen LogP contribution in [0.3, 0.4) is 0 Å². The van der Waals surface area contributed by atoms with E-state index in [0.29, 0.717) is 17.9 Å². The Morgan fingerprint density at radius 2 is 2.04 bits per heavy atom. The van der Waals surface area contributed by atoms with Gasteiger partial charge in [0.25, 0.3) is 0 Å². The quantitative estimate of drug-likeness (QED) is 0.839. The molecule has 4 nitrogen and oxygen atoms in total. The molecule has 0 radical (unpaired) electrons. The first kappa shape index (κ1) is 18.1. The highest BCUT2D eigenvalue weighted by Crippen LogP contribution is 2.44. The van der Waals surface area contributed by atoms with Gasteiger partial charge in [-0.3, -0.25) is 4.90 Å². The van der Waals surface area contributed by atoms with Gasteiger partial charge in [0, 0.05) is 19.1 Å². The number of hydrogen-bond donors (Lipinski definition) is 1. The maximum absolute atomic E-state index is 10.7. The Morgan fingerprint density at radius 1 is 1.23 bits per heavy atom. The monoisotopic (exact) mass is 359 g/mol. The molecule has 1 saturated carbocycles. The first-order valence-electron chi connectivity index (χ1n) is 10.3. The third-order valence-electron chi connectivity index (χ3n) is 6.32. The molecule has 4 rings (SSSR count). The van der Waals surface area contributed by atoms with Gasteiger partial charge in [-0.15, -0.1) is 0 Å². The van der Waals surface area contributed by atoms with E-state index < -0.39 is 0 Å². The summed E-state index contributed by atoms with van der Waals surface area (Å²) in [5.41, 5.74) is 2.70. The minimum absolute atomic E-state index is 0.207. The molecule has 0 aromatic heterocycles. The molecule has 0 spiro atoms. The largest absolute Gasteiger partial charge is 0.493 e. The van der Waals surface area contributed by atoms with E-state index in [0.717, 1.165) is 56.4 Å². The second kappa shape index (κ2) is 7.40. The van der Waals surface area contributed by atoms with E-state index in [1.807, 2.05) is 0 Å². The maximum atomic E-state index is 10.7. The molecule has 2 fully saturated rings. The molecule has 0 amide bonds. The van der Waals surface area contributed by atoms with Crippen molar-refractivity contribution in [2.75, 3.05) is 26.8 Å². The summed E-state index contributed by atoms with van der Waals surface area (Å²) in [4.78, 5) is 2.58. The fourth-order valence-corrected chi connectivity index (χ4v) is 4.70. The van der Waals surface area contributed by atoms with Gasteiger partial charge in [0.1, 0.15) is 0 Å². The SMILES string of the molecule is COc1cc2c(cc1OCC1CC1)CCN1C[C@@H](CC(C)C)[C@H](O)C[C@H]21. The smallest absolute Gasteiger partial charge is 0.161 e. The molecule has 26 heavy (non-hydrogen) atoms. The Bertz CT molecular complexity index is 641. The number of benzene rings is 1. The standard InChI is InChI=1S/C22H33NO3/c1-14(2)8-17-12-23-7-6-16-9-22(26-13-15-4-5-15)21(25-3)10-18(16)19(23)11-20(17)24/h9-10,14-15,17,19-20,24H,4-8,11-13H2,1-3H3/t17-,19-,20-/m1/s1. The summed E-state index contributed by atoms with van der Waals surface area (Å²) in [7, 11) is 1.72. The van der Waals surface area contributed by atoms with Crippen molar-refractivity contribution in [3.8, 4) is 11.5 Å². The molecule has 2 aliphatic heterocycles. The highest BCUT2D eigenvalue weighted by Gasteiger charge is 2.38. The number of methoxy groups -OCH3 is 1. The second-order valence-electron chi connectivity index (χ2n) is 8.91. The molecule has 1 N–H and O–H groups in total. The van der Waals surface area contributed by atoms with Crippen molar-refractivity contribution >= 4 is 0 Å². The fourth-order valence-electron chi connectivity index (χ4n) is 4.70. The van der Waals surface area contributed by atoms with Crippen LogP contribution in [-0.2, 0) is 6.42 Å². The van der Waals surface area contributed by atoms with Crippen LogP contribution in [0.1, 0.15) is 56.7 Å². The number of nitrogens with zero attached hydrogens (tertiary/aromatic N) is 1. The molecule has 1 aromatic rings. The van der Waals surface area contributed by atoms with Crippen LogP contribution in [0.15, 0.2) is 12.1 Å². The summed E-state index contributed by atoms with van der Waals surface area (Å²) in [6, 6.07) is 4.67. The van der Waals surface area contributed by atoms with Gasteiger partial charge in [-0.25, -0.2) is 0 Å². The predicted octanol–water partition coefficient (Wildman–Crippen LogP) is 3.81. The molecule has 1 saturated heterocycles. The van der Waals surface area contributed by atoms with Gasteiger partial charge in [0.05, 0.1) is 19.8 Å². The zero-order chi connectivity index (χ0) is 18.3. The van der Waals surface area contributed by atoms with Crippen LogP contribution in [0.2, 0.25) is 0 Å². The van der Waals surface area contributed by atoms with Gasteiger partial charge in [0.2, 0.25) is 0 Å². The number of aliphatic hydroxyl groups excluding tert-OH is 1. The zero-order valence-electron chi connectivity index (χ0n) is 16.4. The normalized spacial score (nSPS) is 28.6. The first-order chi connectivity index (χ1) is 12.5. The molecule has 3 atom stereocenters. The van der Waals surface area contributed by atoms with Crippen molar-refractivity contribution in [2.24, 2.45) is 17.8 Å². The van der Waals surface area contributed by atoms with Crippen molar-refractivity contribution in [3.05, 3.63) is 23.3 Å². The minimum Gasteiger partial charge on any atom is -0.493 e. The third-order valence-corrected chi connectivity index (χ3v) is 6.32. The summed E-state index contributed by atoms with van der Waals surface area (Å²) in [6.07, 6.45) is 5.37.